The van der Waals surface area contributed by atoms with Gasteiger partial charge in [-0.3, -0.25) is 10.1 Å². The first-order valence-corrected chi connectivity index (χ1v) is 12.0. The fourth-order valence-corrected chi connectivity index (χ4v) is 5.13. The molecule has 0 radical (unpaired) electrons. The average Bonchev–Trinajstić information content (AvgIpc) is 3.55. The molecule has 0 spiro atoms. The number of H-pyrrole nitrogens is 2. The summed E-state index contributed by atoms with van der Waals surface area (Å²) in [6, 6.07) is 13.0. The maximum atomic E-state index is 4.62. The Kier molecular flexibility index (Phi) is 4.88. The molecule has 0 aliphatic heterocycles. The quantitative estimate of drug-likeness (QED) is 0.273. The monoisotopic (exact) mass is 465 g/mol. The maximum Gasteiger partial charge on any atom is 0.155 e. The van der Waals surface area contributed by atoms with Gasteiger partial charge in [0.05, 0.1) is 11.4 Å². The van der Waals surface area contributed by atoms with Crippen molar-refractivity contribution in [1.29, 1.82) is 0 Å². The molecule has 0 saturated carbocycles. The topological polar surface area (TPSA) is 95.2 Å². The van der Waals surface area contributed by atoms with Crippen LogP contribution in [0.4, 0.5) is 5.69 Å². The highest BCUT2D eigenvalue weighted by atomic mass is 32.1. The highest BCUT2D eigenvalue weighted by molar-refractivity contribution is 7.15. The van der Waals surface area contributed by atoms with Gasteiger partial charge in [0.25, 0.3) is 0 Å². The summed E-state index contributed by atoms with van der Waals surface area (Å²) in [6.07, 6.45) is 7.39. The molecule has 0 saturated heterocycles. The smallest absolute Gasteiger partial charge is 0.155 e. The van der Waals surface area contributed by atoms with Crippen LogP contribution in [0.5, 0.6) is 0 Å². The molecule has 168 valence electrons. The predicted molar refractivity (Wildman–Crippen MR) is 139 cm³/mol. The van der Waals surface area contributed by atoms with Gasteiger partial charge in [-0.2, -0.15) is 5.10 Å². The molecular weight excluding hydrogens is 442 g/mol. The Morgan fingerprint density at radius 1 is 0.912 bits per heavy atom. The minimum absolute atomic E-state index is 0.330. The summed E-state index contributed by atoms with van der Waals surface area (Å²) in [7, 11) is 0. The summed E-state index contributed by atoms with van der Waals surface area (Å²) < 4.78 is 0. The number of rotatable bonds is 5. The number of nitrogens with one attached hydrogen (secondary N) is 3. The zero-order valence-electron chi connectivity index (χ0n) is 19.0. The molecule has 0 fully saturated rings. The van der Waals surface area contributed by atoms with E-state index in [1.807, 2.05) is 24.8 Å². The van der Waals surface area contributed by atoms with Crippen LogP contribution in [0.3, 0.4) is 0 Å². The third-order valence-corrected chi connectivity index (χ3v) is 6.77. The number of aryl methyl sites for hydroxylation is 1. The van der Waals surface area contributed by atoms with Crippen LogP contribution in [-0.2, 0) is 0 Å². The third kappa shape index (κ3) is 3.62. The predicted octanol–water partition coefficient (Wildman–Crippen LogP) is 6.42. The normalized spacial score (nSPS) is 11.6. The van der Waals surface area contributed by atoms with Crippen LogP contribution in [-0.4, -0.2) is 36.2 Å². The Labute approximate surface area is 200 Å². The number of anilines is 1. The zero-order chi connectivity index (χ0) is 23.2. The van der Waals surface area contributed by atoms with Gasteiger partial charge >= 0.3 is 0 Å². The van der Waals surface area contributed by atoms with Crippen molar-refractivity contribution in [2.24, 2.45) is 0 Å². The number of thiophene rings is 1. The first-order valence-electron chi connectivity index (χ1n) is 11.2. The Balaban J connectivity index is 1.45. The Bertz CT molecular complexity index is 1640. The Hall–Kier alpha value is -4.04. The number of pyridine rings is 3. The van der Waals surface area contributed by atoms with Crippen molar-refractivity contribution < 1.29 is 0 Å². The minimum Gasteiger partial charge on any atom is -0.382 e. The van der Waals surface area contributed by atoms with Gasteiger partial charge in [-0.1, -0.05) is 0 Å². The second-order valence-electron chi connectivity index (χ2n) is 8.67. The fourth-order valence-electron chi connectivity index (χ4n) is 4.23. The van der Waals surface area contributed by atoms with Gasteiger partial charge in [-0.15, -0.1) is 11.3 Å². The standard InChI is InChI=1S/C26H23N7S/c1-14(2)30-18-8-16(11-27-13-18)17-9-21-24(32-33-26(21)29-12-17)22-10-20-19(6-7-28-25(20)31-22)23-5-4-15(3)34-23/h4-14,30H,1-3H3,(H,28,31)(H,29,32,33). The number of aromatic amines is 2. The van der Waals surface area contributed by atoms with Crippen molar-refractivity contribution in [3.63, 3.8) is 0 Å². The highest BCUT2D eigenvalue weighted by Crippen LogP contribution is 2.36. The van der Waals surface area contributed by atoms with Crippen LogP contribution < -0.4 is 5.32 Å². The highest BCUT2D eigenvalue weighted by Gasteiger charge is 2.16. The molecule has 3 N–H and O–H groups in total. The van der Waals surface area contributed by atoms with E-state index in [2.05, 4.69) is 92.6 Å². The van der Waals surface area contributed by atoms with Crippen LogP contribution in [0.15, 0.2) is 61.2 Å². The summed E-state index contributed by atoms with van der Waals surface area (Å²) in [5, 5.41) is 13.1. The lowest BCUT2D eigenvalue weighted by Gasteiger charge is -2.10. The Morgan fingerprint density at radius 3 is 2.62 bits per heavy atom. The molecule has 0 aliphatic carbocycles. The summed E-state index contributed by atoms with van der Waals surface area (Å²) in [4.78, 5) is 19.6. The van der Waals surface area contributed by atoms with Gasteiger partial charge in [0, 0.05) is 68.0 Å². The molecule has 0 amide bonds. The average molecular weight is 466 g/mol. The number of hydrogen-bond acceptors (Lipinski definition) is 6. The lowest BCUT2D eigenvalue weighted by molar-refractivity contribution is 0.898. The van der Waals surface area contributed by atoms with E-state index in [9.17, 15) is 0 Å². The van der Waals surface area contributed by atoms with Crippen LogP contribution in [0.1, 0.15) is 18.7 Å². The van der Waals surface area contributed by atoms with Gasteiger partial charge in [0.1, 0.15) is 11.3 Å². The molecule has 0 aromatic carbocycles. The van der Waals surface area contributed by atoms with E-state index in [1.165, 1.54) is 15.3 Å². The zero-order valence-corrected chi connectivity index (χ0v) is 19.9. The minimum atomic E-state index is 0.330. The van der Waals surface area contributed by atoms with Crippen molar-refractivity contribution in [2.75, 3.05) is 5.32 Å². The maximum absolute atomic E-state index is 4.62. The molecule has 0 atom stereocenters. The molecule has 7 nitrogen and oxygen atoms in total. The van der Waals surface area contributed by atoms with Crippen LogP contribution in [0.2, 0.25) is 0 Å². The van der Waals surface area contributed by atoms with Gasteiger partial charge < -0.3 is 10.3 Å². The molecule has 6 aromatic heterocycles. The second-order valence-corrected chi connectivity index (χ2v) is 9.96. The number of aromatic nitrogens is 6. The fraction of sp³-hybridized carbons (Fsp3) is 0.154. The van der Waals surface area contributed by atoms with E-state index in [1.54, 1.807) is 11.3 Å². The Morgan fingerprint density at radius 2 is 1.79 bits per heavy atom. The molecule has 6 aromatic rings. The largest absolute Gasteiger partial charge is 0.382 e. The summed E-state index contributed by atoms with van der Waals surface area (Å²) in [6.45, 7) is 6.34. The van der Waals surface area contributed by atoms with Crippen LogP contribution in [0.25, 0.3) is 55.0 Å². The van der Waals surface area contributed by atoms with Gasteiger partial charge in [0.15, 0.2) is 5.65 Å². The van der Waals surface area contributed by atoms with E-state index < -0.39 is 0 Å². The van der Waals surface area contributed by atoms with Crippen LogP contribution >= 0.6 is 11.3 Å². The molecule has 34 heavy (non-hydrogen) atoms. The van der Waals surface area contributed by atoms with Crippen LogP contribution in [0, 0.1) is 6.92 Å². The first-order chi connectivity index (χ1) is 16.5. The SMILES string of the molecule is Cc1ccc(-c2ccnc3[nH]c(-c4n[nH]c5ncc(-c6cncc(NC(C)C)c6)cc45)cc23)s1. The lowest BCUT2D eigenvalue weighted by atomic mass is 10.1. The number of hydrogen-bond donors (Lipinski definition) is 3. The molecule has 0 unspecified atom stereocenters. The summed E-state index contributed by atoms with van der Waals surface area (Å²) in [5.41, 5.74) is 7.45. The molecular formula is C26H23N7S. The molecule has 6 heterocycles. The number of fused-ring (bicyclic) bond motifs is 2. The van der Waals surface area contributed by atoms with Gasteiger partial charge in [0.2, 0.25) is 0 Å². The van der Waals surface area contributed by atoms with E-state index in [0.29, 0.717) is 6.04 Å². The van der Waals surface area contributed by atoms with E-state index in [-0.39, 0.29) is 0 Å². The van der Waals surface area contributed by atoms with E-state index >= 15 is 0 Å². The molecule has 0 bridgehead atoms. The molecule has 6 rings (SSSR count). The third-order valence-electron chi connectivity index (χ3n) is 5.74. The van der Waals surface area contributed by atoms with Crippen molar-refractivity contribution in [1.82, 2.24) is 30.1 Å². The van der Waals surface area contributed by atoms with Crippen molar-refractivity contribution in [3.05, 3.63) is 66.1 Å². The van der Waals surface area contributed by atoms with Crippen molar-refractivity contribution in [3.8, 4) is 33.0 Å². The summed E-state index contributed by atoms with van der Waals surface area (Å²) in [5.74, 6) is 0. The van der Waals surface area contributed by atoms with Crippen molar-refractivity contribution >= 4 is 39.1 Å². The summed E-state index contributed by atoms with van der Waals surface area (Å²) >= 11 is 1.78. The number of nitrogens with zero attached hydrogens (tertiary/aromatic N) is 4. The van der Waals surface area contributed by atoms with Crippen molar-refractivity contribution in [2.45, 2.75) is 26.8 Å². The van der Waals surface area contributed by atoms with Gasteiger partial charge in [-0.25, -0.2) is 9.97 Å². The van der Waals surface area contributed by atoms with E-state index in [0.717, 1.165) is 50.3 Å². The lowest BCUT2D eigenvalue weighted by Crippen LogP contribution is -2.09. The molecule has 0 aliphatic rings. The first kappa shape index (κ1) is 20.6. The molecule has 8 heteroatoms. The van der Waals surface area contributed by atoms with Gasteiger partial charge in [-0.05, 0) is 57.2 Å². The second kappa shape index (κ2) is 8.07. The van der Waals surface area contributed by atoms with E-state index in [4.69, 9.17) is 0 Å².